The van der Waals surface area contributed by atoms with Crippen LogP contribution in [0.5, 0.6) is 0 Å². The van der Waals surface area contributed by atoms with Gasteiger partial charge in [0.05, 0.1) is 11.7 Å². The van der Waals surface area contributed by atoms with Gasteiger partial charge in [-0.2, -0.15) is 4.98 Å². The van der Waals surface area contributed by atoms with Crippen molar-refractivity contribution in [2.45, 2.75) is 6.92 Å². The number of hydrogen-bond donors (Lipinski definition) is 3. The Hall–Kier alpha value is -3.75. The molecule has 26 heavy (non-hydrogen) atoms. The van der Waals surface area contributed by atoms with Crippen molar-refractivity contribution in [2.75, 3.05) is 10.6 Å². The molecule has 0 atom stereocenters. The molecule has 1 aromatic carbocycles. The molecule has 4 aromatic rings. The van der Waals surface area contributed by atoms with E-state index in [0.29, 0.717) is 22.6 Å². The summed E-state index contributed by atoms with van der Waals surface area (Å²) in [6.07, 6.45) is 2.72. The predicted octanol–water partition coefficient (Wildman–Crippen LogP) is 3.24. The number of H-pyrrole nitrogens is 1. The lowest BCUT2D eigenvalue weighted by molar-refractivity contribution is 0.555. The van der Waals surface area contributed by atoms with Crippen LogP contribution >= 0.6 is 0 Å². The standard InChI is InChI=1S/C17H13FN6O2/c1-9-4-5-19-14(6-9)23-16-20-8-11(18)15(24-16)21-10-2-3-13-12(7-10)22-17(25)26-13/h2-8H,1H3,(H,22,25)(H2,19,20,21,23,24). The first-order valence-corrected chi connectivity index (χ1v) is 7.69. The number of rotatable bonds is 4. The Labute approximate surface area is 146 Å². The minimum absolute atomic E-state index is 0.0136. The van der Waals surface area contributed by atoms with Crippen molar-refractivity contribution >= 4 is 34.4 Å². The molecule has 3 heterocycles. The fourth-order valence-corrected chi connectivity index (χ4v) is 2.40. The molecule has 0 spiro atoms. The third kappa shape index (κ3) is 3.22. The van der Waals surface area contributed by atoms with Crippen molar-refractivity contribution < 1.29 is 8.81 Å². The van der Waals surface area contributed by atoms with Crippen LogP contribution in [0.15, 0.2) is 51.9 Å². The molecule has 0 amide bonds. The number of oxazole rings is 1. The quantitative estimate of drug-likeness (QED) is 0.517. The average Bonchev–Trinajstić information content (AvgIpc) is 2.97. The third-order valence-corrected chi connectivity index (χ3v) is 3.58. The van der Waals surface area contributed by atoms with E-state index in [-0.39, 0.29) is 11.8 Å². The van der Waals surface area contributed by atoms with Crippen LogP contribution in [0, 0.1) is 12.7 Å². The molecule has 8 nitrogen and oxygen atoms in total. The van der Waals surface area contributed by atoms with Gasteiger partial charge in [0.25, 0.3) is 0 Å². The smallest absolute Gasteiger partial charge is 0.408 e. The van der Waals surface area contributed by atoms with Gasteiger partial charge in [0.15, 0.2) is 17.2 Å². The zero-order chi connectivity index (χ0) is 18.1. The summed E-state index contributed by atoms with van der Waals surface area (Å²) in [5.74, 6) is -0.430. The maximum atomic E-state index is 14.1. The number of aryl methyl sites for hydroxylation is 1. The highest BCUT2D eigenvalue weighted by Crippen LogP contribution is 2.22. The Bertz CT molecular complexity index is 1150. The Morgan fingerprint density at radius 2 is 2.04 bits per heavy atom. The molecule has 3 N–H and O–H groups in total. The molecular formula is C17H13FN6O2. The Kier molecular flexibility index (Phi) is 3.81. The van der Waals surface area contributed by atoms with E-state index in [1.165, 1.54) is 0 Å². The van der Waals surface area contributed by atoms with Crippen LogP contribution < -0.4 is 16.4 Å². The molecular weight excluding hydrogens is 339 g/mol. The van der Waals surface area contributed by atoms with E-state index < -0.39 is 11.6 Å². The number of hydrogen-bond acceptors (Lipinski definition) is 7. The van der Waals surface area contributed by atoms with Gasteiger partial charge in [-0.05, 0) is 42.8 Å². The third-order valence-electron chi connectivity index (χ3n) is 3.58. The van der Waals surface area contributed by atoms with Crippen molar-refractivity contribution in [1.29, 1.82) is 0 Å². The largest absolute Gasteiger partial charge is 0.417 e. The van der Waals surface area contributed by atoms with Crippen molar-refractivity contribution in [1.82, 2.24) is 19.9 Å². The van der Waals surface area contributed by atoms with Crippen molar-refractivity contribution in [3.63, 3.8) is 0 Å². The molecule has 0 saturated carbocycles. The number of halogens is 1. The van der Waals surface area contributed by atoms with Crippen LogP contribution in [0.2, 0.25) is 0 Å². The van der Waals surface area contributed by atoms with Crippen LogP contribution in [0.1, 0.15) is 5.56 Å². The van der Waals surface area contributed by atoms with E-state index in [2.05, 4.69) is 30.6 Å². The lowest BCUT2D eigenvalue weighted by Gasteiger charge is -2.09. The molecule has 4 rings (SSSR count). The van der Waals surface area contributed by atoms with E-state index >= 15 is 0 Å². The van der Waals surface area contributed by atoms with Crippen molar-refractivity contribution in [3.05, 3.63) is 64.7 Å². The summed E-state index contributed by atoms with van der Waals surface area (Å²) >= 11 is 0. The highest BCUT2D eigenvalue weighted by atomic mass is 19.1. The molecule has 9 heteroatoms. The number of aromatic nitrogens is 4. The molecule has 0 radical (unpaired) electrons. The number of fused-ring (bicyclic) bond motifs is 1. The number of nitrogens with zero attached hydrogens (tertiary/aromatic N) is 3. The summed E-state index contributed by atoms with van der Waals surface area (Å²) < 4.78 is 19.0. The second-order valence-corrected chi connectivity index (χ2v) is 5.58. The van der Waals surface area contributed by atoms with E-state index in [9.17, 15) is 9.18 Å². The fraction of sp³-hybridized carbons (Fsp3) is 0.0588. The Balaban J connectivity index is 1.61. The monoisotopic (exact) mass is 352 g/mol. The van der Waals surface area contributed by atoms with Crippen molar-refractivity contribution in [2.24, 2.45) is 0 Å². The average molecular weight is 352 g/mol. The fourth-order valence-electron chi connectivity index (χ4n) is 2.40. The first-order valence-electron chi connectivity index (χ1n) is 7.69. The predicted molar refractivity (Wildman–Crippen MR) is 94.4 cm³/mol. The minimum atomic E-state index is -0.617. The highest BCUT2D eigenvalue weighted by Gasteiger charge is 2.10. The van der Waals surface area contributed by atoms with Gasteiger partial charge in [0.2, 0.25) is 5.95 Å². The summed E-state index contributed by atoms with van der Waals surface area (Å²) in [6.45, 7) is 1.93. The van der Waals surface area contributed by atoms with Crippen LogP contribution in [0.4, 0.5) is 27.7 Å². The van der Waals surface area contributed by atoms with Crippen LogP contribution in [0.25, 0.3) is 11.1 Å². The molecule has 0 bridgehead atoms. The molecule has 0 saturated heterocycles. The van der Waals surface area contributed by atoms with Gasteiger partial charge in [-0.3, -0.25) is 4.98 Å². The maximum Gasteiger partial charge on any atom is 0.417 e. The summed E-state index contributed by atoms with van der Waals surface area (Å²) in [5.41, 5.74) is 2.46. The Morgan fingerprint density at radius 1 is 1.15 bits per heavy atom. The van der Waals surface area contributed by atoms with Gasteiger partial charge in [0.1, 0.15) is 5.82 Å². The summed E-state index contributed by atoms with van der Waals surface area (Å²) in [4.78, 5) is 26.0. The molecule has 0 aliphatic carbocycles. The molecule has 0 aliphatic rings. The van der Waals surface area contributed by atoms with E-state index in [0.717, 1.165) is 11.8 Å². The number of aromatic amines is 1. The molecule has 0 fully saturated rings. The zero-order valence-electron chi connectivity index (χ0n) is 13.6. The van der Waals surface area contributed by atoms with Gasteiger partial charge in [-0.15, -0.1) is 0 Å². The van der Waals surface area contributed by atoms with Crippen LogP contribution in [-0.2, 0) is 0 Å². The zero-order valence-corrected chi connectivity index (χ0v) is 13.6. The minimum Gasteiger partial charge on any atom is -0.408 e. The molecule has 3 aromatic heterocycles. The first-order chi connectivity index (χ1) is 12.6. The summed E-state index contributed by atoms with van der Waals surface area (Å²) in [7, 11) is 0. The Morgan fingerprint density at radius 3 is 2.88 bits per heavy atom. The lowest BCUT2D eigenvalue weighted by Crippen LogP contribution is -2.04. The number of anilines is 4. The number of benzene rings is 1. The maximum absolute atomic E-state index is 14.1. The van der Waals surface area contributed by atoms with Crippen molar-refractivity contribution in [3.8, 4) is 0 Å². The van der Waals surface area contributed by atoms with Gasteiger partial charge >= 0.3 is 5.76 Å². The molecule has 130 valence electrons. The van der Waals surface area contributed by atoms with Gasteiger partial charge in [-0.25, -0.2) is 19.2 Å². The molecule has 0 unspecified atom stereocenters. The first kappa shape index (κ1) is 15.8. The normalized spacial score (nSPS) is 10.8. The molecule has 0 aliphatic heterocycles. The lowest BCUT2D eigenvalue weighted by atomic mass is 10.3. The second-order valence-electron chi connectivity index (χ2n) is 5.58. The van der Waals surface area contributed by atoms with Gasteiger partial charge in [0, 0.05) is 11.9 Å². The summed E-state index contributed by atoms with van der Waals surface area (Å²) in [5, 5.41) is 5.79. The van der Waals surface area contributed by atoms with Crippen LogP contribution in [0.3, 0.4) is 0 Å². The van der Waals surface area contributed by atoms with Crippen LogP contribution in [-0.4, -0.2) is 19.9 Å². The van der Waals surface area contributed by atoms with E-state index in [4.69, 9.17) is 4.42 Å². The van der Waals surface area contributed by atoms with E-state index in [1.807, 2.05) is 19.1 Å². The van der Waals surface area contributed by atoms with Gasteiger partial charge in [-0.1, -0.05) is 0 Å². The summed E-state index contributed by atoms with van der Waals surface area (Å²) in [6, 6.07) is 8.56. The topological polar surface area (TPSA) is 109 Å². The van der Waals surface area contributed by atoms with E-state index in [1.54, 1.807) is 24.4 Å². The number of pyridine rings is 1. The SMILES string of the molecule is Cc1ccnc(Nc2ncc(F)c(Nc3ccc4oc(=O)[nH]c4c3)n2)c1. The highest BCUT2D eigenvalue weighted by molar-refractivity contribution is 5.78. The second kappa shape index (κ2) is 6.28. The van der Waals surface area contributed by atoms with Gasteiger partial charge < -0.3 is 15.1 Å². The number of nitrogens with one attached hydrogen (secondary N) is 3.